The van der Waals surface area contributed by atoms with Crippen molar-refractivity contribution < 1.29 is 9.59 Å². The van der Waals surface area contributed by atoms with Gasteiger partial charge in [0.25, 0.3) is 0 Å². The Morgan fingerprint density at radius 3 is 2.70 bits per heavy atom. The number of nitrogens with zero attached hydrogens (tertiary/aromatic N) is 4. The van der Waals surface area contributed by atoms with Crippen molar-refractivity contribution in [1.82, 2.24) is 20.0 Å². The van der Waals surface area contributed by atoms with Crippen LogP contribution in [0.15, 0.2) is 0 Å². The van der Waals surface area contributed by atoms with E-state index in [9.17, 15) is 9.59 Å². The Kier molecular flexibility index (Phi) is 5.47. The van der Waals surface area contributed by atoms with Crippen LogP contribution in [0.2, 0.25) is 0 Å². The molecule has 0 bridgehead atoms. The Hall–Kier alpha value is -1.81. The summed E-state index contributed by atoms with van der Waals surface area (Å²) in [5.74, 6) is -0.0295. The summed E-state index contributed by atoms with van der Waals surface area (Å²) in [4.78, 5) is 29.7. The van der Waals surface area contributed by atoms with E-state index in [0.717, 1.165) is 25.9 Å². The summed E-state index contributed by atoms with van der Waals surface area (Å²) >= 11 is 0. The van der Waals surface area contributed by atoms with Crippen molar-refractivity contribution in [2.45, 2.75) is 45.2 Å². The molecule has 0 saturated carbocycles. The van der Waals surface area contributed by atoms with Crippen LogP contribution >= 0.6 is 0 Å². The van der Waals surface area contributed by atoms with E-state index in [1.807, 2.05) is 30.6 Å². The first-order valence-electron chi connectivity index (χ1n) is 8.31. The van der Waals surface area contributed by atoms with Gasteiger partial charge in [0.2, 0.25) is 5.91 Å². The quantitative estimate of drug-likeness (QED) is 0.753. The monoisotopic (exact) mass is 321 g/mol. The van der Waals surface area contributed by atoms with Crippen molar-refractivity contribution >= 4 is 11.9 Å². The molecule has 0 unspecified atom stereocenters. The number of hydrogen-bond donors (Lipinski definition) is 1. The van der Waals surface area contributed by atoms with Gasteiger partial charge < -0.3 is 20.0 Å². The van der Waals surface area contributed by atoms with Crippen molar-refractivity contribution in [3.63, 3.8) is 0 Å². The molecule has 1 atom stereocenters. The zero-order valence-electron chi connectivity index (χ0n) is 14.3. The van der Waals surface area contributed by atoms with E-state index in [1.165, 1.54) is 0 Å². The Bertz CT molecular complexity index is 494. The molecule has 23 heavy (non-hydrogen) atoms. The lowest BCUT2D eigenvalue weighted by Crippen LogP contribution is -2.46. The molecule has 2 aliphatic heterocycles. The third kappa shape index (κ3) is 4.14. The Morgan fingerprint density at radius 1 is 1.35 bits per heavy atom. The summed E-state index contributed by atoms with van der Waals surface area (Å²) < 4.78 is 0. The fraction of sp³-hybridized carbons (Fsp3) is 0.812. The van der Waals surface area contributed by atoms with Crippen LogP contribution < -0.4 is 5.32 Å². The van der Waals surface area contributed by atoms with Crippen LogP contribution in [0.4, 0.5) is 4.79 Å². The maximum Gasteiger partial charge on any atom is 0.320 e. The minimum Gasteiger partial charge on any atom is -0.326 e. The van der Waals surface area contributed by atoms with Crippen LogP contribution in [0.3, 0.4) is 0 Å². The summed E-state index contributed by atoms with van der Waals surface area (Å²) in [5, 5.41) is 12.1. The van der Waals surface area contributed by atoms with E-state index >= 15 is 0 Å². The van der Waals surface area contributed by atoms with Crippen LogP contribution in [0.5, 0.6) is 0 Å². The molecule has 0 aromatic rings. The molecule has 0 radical (unpaired) electrons. The fourth-order valence-electron chi connectivity index (χ4n) is 3.12. The Morgan fingerprint density at radius 2 is 2.09 bits per heavy atom. The zero-order valence-corrected chi connectivity index (χ0v) is 14.3. The molecule has 2 fully saturated rings. The minimum atomic E-state index is -0.273. The second kappa shape index (κ2) is 7.18. The highest BCUT2D eigenvalue weighted by atomic mass is 16.2. The van der Waals surface area contributed by atoms with Crippen molar-refractivity contribution in [3.8, 4) is 6.07 Å². The van der Waals surface area contributed by atoms with E-state index in [4.69, 9.17) is 5.26 Å². The average molecular weight is 321 g/mol. The van der Waals surface area contributed by atoms with Gasteiger partial charge in [-0.1, -0.05) is 0 Å². The highest BCUT2D eigenvalue weighted by Crippen LogP contribution is 2.20. The lowest BCUT2D eigenvalue weighted by Gasteiger charge is -2.31. The lowest BCUT2D eigenvalue weighted by atomic mass is 10.1. The Labute approximate surface area is 138 Å². The number of nitrogens with one attached hydrogen (secondary N) is 1. The molecule has 7 heteroatoms. The second-order valence-corrected chi connectivity index (χ2v) is 7.14. The predicted molar refractivity (Wildman–Crippen MR) is 86.6 cm³/mol. The molecule has 2 rings (SSSR count). The zero-order chi connectivity index (χ0) is 17.0. The van der Waals surface area contributed by atoms with Gasteiger partial charge in [-0.15, -0.1) is 0 Å². The number of likely N-dealkylation sites (tertiary alicyclic amines) is 1. The average Bonchev–Trinajstić information content (AvgIpc) is 3.09. The molecule has 128 valence electrons. The molecule has 7 nitrogen and oxygen atoms in total. The first-order valence-corrected chi connectivity index (χ1v) is 8.31. The molecular formula is C16H27N5O2. The summed E-state index contributed by atoms with van der Waals surface area (Å²) in [6.07, 6.45) is 1.67. The van der Waals surface area contributed by atoms with Crippen molar-refractivity contribution in [1.29, 1.82) is 5.26 Å². The van der Waals surface area contributed by atoms with Crippen LogP contribution in [-0.4, -0.2) is 77.5 Å². The molecule has 3 amide bonds. The molecule has 0 aliphatic carbocycles. The number of nitriles is 1. The highest BCUT2D eigenvalue weighted by Gasteiger charge is 2.35. The van der Waals surface area contributed by atoms with Crippen LogP contribution in [0.25, 0.3) is 0 Å². The van der Waals surface area contributed by atoms with Gasteiger partial charge in [-0.3, -0.25) is 4.79 Å². The molecular weight excluding hydrogens is 294 g/mol. The van der Waals surface area contributed by atoms with Crippen molar-refractivity contribution in [3.05, 3.63) is 0 Å². The first-order chi connectivity index (χ1) is 10.8. The highest BCUT2D eigenvalue weighted by molar-refractivity contribution is 5.79. The number of hydrogen-bond acceptors (Lipinski definition) is 4. The predicted octanol–water partition coefficient (Wildman–Crippen LogP) is 0.627. The topological polar surface area (TPSA) is 79.7 Å². The normalized spacial score (nSPS) is 21.9. The third-order valence-corrected chi connectivity index (χ3v) is 4.46. The summed E-state index contributed by atoms with van der Waals surface area (Å²) in [6, 6.07) is 1.96. The standard InChI is InChI=1S/C16H27N5O2/c1-16(2,3)21-10-9-19(15(21)23)8-6-18-12-14(22)20-7-4-5-13(20)11-17/h13,18H,4-10,12H2,1-3H3/t13-/m1/s1. The van der Waals surface area contributed by atoms with E-state index in [-0.39, 0.29) is 30.1 Å². The smallest absolute Gasteiger partial charge is 0.320 e. The van der Waals surface area contributed by atoms with E-state index in [0.29, 0.717) is 19.6 Å². The van der Waals surface area contributed by atoms with E-state index in [2.05, 4.69) is 11.4 Å². The largest absolute Gasteiger partial charge is 0.326 e. The third-order valence-electron chi connectivity index (χ3n) is 4.46. The molecule has 2 aliphatic rings. The molecule has 1 N–H and O–H groups in total. The first kappa shape index (κ1) is 17.5. The van der Waals surface area contributed by atoms with Gasteiger partial charge in [0.1, 0.15) is 6.04 Å². The van der Waals surface area contributed by atoms with Gasteiger partial charge in [0.15, 0.2) is 0 Å². The molecule has 2 saturated heterocycles. The van der Waals surface area contributed by atoms with Crippen LogP contribution in [0.1, 0.15) is 33.6 Å². The van der Waals surface area contributed by atoms with Gasteiger partial charge in [-0.05, 0) is 33.6 Å². The Balaban J connectivity index is 1.69. The maximum atomic E-state index is 12.3. The maximum absolute atomic E-state index is 12.3. The van der Waals surface area contributed by atoms with Gasteiger partial charge >= 0.3 is 6.03 Å². The van der Waals surface area contributed by atoms with Crippen molar-refractivity contribution in [2.24, 2.45) is 0 Å². The fourth-order valence-corrected chi connectivity index (χ4v) is 3.12. The van der Waals surface area contributed by atoms with E-state index in [1.54, 1.807) is 4.90 Å². The SMILES string of the molecule is CC(C)(C)N1CCN(CCNCC(=O)N2CCC[C@@H]2C#N)C1=O. The molecule has 0 spiro atoms. The summed E-state index contributed by atoms with van der Waals surface area (Å²) in [6.45, 7) is 9.66. The van der Waals surface area contributed by atoms with Crippen LogP contribution in [0, 0.1) is 11.3 Å². The number of carbonyl (C=O) groups is 2. The van der Waals surface area contributed by atoms with Gasteiger partial charge in [-0.2, -0.15) is 5.26 Å². The van der Waals surface area contributed by atoms with Crippen LogP contribution in [-0.2, 0) is 4.79 Å². The number of rotatable bonds is 5. The number of carbonyl (C=O) groups excluding carboxylic acids is 2. The molecule has 2 heterocycles. The molecule has 0 aromatic carbocycles. The van der Waals surface area contributed by atoms with E-state index < -0.39 is 0 Å². The second-order valence-electron chi connectivity index (χ2n) is 7.14. The summed E-state index contributed by atoms with van der Waals surface area (Å²) in [5.41, 5.74) is -0.155. The minimum absolute atomic E-state index is 0.0295. The van der Waals surface area contributed by atoms with Gasteiger partial charge in [-0.25, -0.2) is 4.79 Å². The molecule has 0 aromatic heterocycles. The number of amides is 3. The number of urea groups is 1. The van der Waals surface area contributed by atoms with Crippen molar-refractivity contribution in [2.75, 3.05) is 39.3 Å². The lowest BCUT2D eigenvalue weighted by molar-refractivity contribution is -0.130. The van der Waals surface area contributed by atoms with Gasteiger partial charge in [0.05, 0.1) is 12.6 Å². The summed E-state index contributed by atoms with van der Waals surface area (Å²) in [7, 11) is 0. The van der Waals surface area contributed by atoms with Gasteiger partial charge in [0, 0.05) is 38.3 Å².